The summed E-state index contributed by atoms with van der Waals surface area (Å²) in [5.41, 5.74) is 3.35. The van der Waals surface area contributed by atoms with E-state index in [0.717, 1.165) is 24.2 Å². The molecule has 2 saturated heterocycles. The third-order valence-electron chi connectivity index (χ3n) is 6.17. The van der Waals surface area contributed by atoms with Crippen molar-refractivity contribution in [1.29, 1.82) is 0 Å². The van der Waals surface area contributed by atoms with Gasteiger partial charge in [-0.3, -0.25) is 4.79 Å². The minimum atomic E-state index is -3.65. The molecule has 0 spiro atoms. The van der Waals surface area contributed by atoms with Crippen LogP contribution in [0.4, 0.5) is 5.69 Å². The molecule has 2 heterocycles. The molecule has 2 aromatic rings. The molecule has 2 aliphatic rings. The number of anilines is 1. The Labute approximate surface area is 190 Å². The van der Waals surface area contributed by atoms with Crippen molar-refractivity contribution in [1.82, 2.24) is 9.62 Å². The zero-order valence-electron chi connectivity index (χ0n) is 18.5. The lowest BCUT2D eigenvalue weighted by Crippen LogP contribution is -2.40. The summed E-state index contributed by atoms with van der Waals surface area (Å²) in [4.78, 5) is 15.4. The van der Waals surface area contributed by atoms with Gasteiger partial charge in [-0.2, -0.15) is 4.31 Å². The first kappa shape index (κ1) is 22.8. The summed E-state index contributed by atoms with van der Waals surface area (Å²) >= 11 is 0. The van der Waals surface area contributed by atoms with Gasteiger partial charge in [0.05, 0.1) is 18.1 Å². The minimum absolute atomic E-state index is 0.140. The predicted molar refractivity (Wildman–Crippen MR) is 124 cm³/mol. The maximum absolute atomic E-state index is 12.9. The number of carbonyl (C=O) groups excluding carboxylic acids is 1. The number of nitrogens with one attached hydrogen (secondary N) is 1. The van der Waals surface area contributed by atoms with E-state index in [-0.39, 0.29) is 10.8 Å². The van der Waals surface area contributed by atoms with E-state index in [1.807, 2.05) is 19.1 Å². The lowest BCUT2D eigenvalue weighted by atomic mass is 10.1. The third kappa shape index (κ3) is 5.14. The molecule has 172 valence electrons. The molecule has 4 rings (SSSR count). The second kappa shape index (κ2) is 10.0. The van der Waals surface area contributed by atoms with Crippen LogP contribution in [0.2, 0.25) is 0 Å². The van der Waals surface area contributed by atoms with Gasteiger partial charge in [-0.25, -0.2) is 8.42 Å². The van der Waals surface area contributed by atoms with Crippen molar-refractivity contribution in [3.63, 3.8) is 0 Å². The van der Waals surface area contributed by atoms with Gasteiger partial charge in [0.15, 0.2) is 0 Å². The van der Waals surface area contributed by atoms with Crippen LogP contribution in [-0.2, 0) is 21.3 Å². The van der Waals surface area contributed by atoms with Crippen LogP contribution in [0.15, 0.2) is 47.4 Å². The summed E-state index contributed by atoms with van der Waals surface area (Å²) in [5.74, 6) is -0.276. The molecule has 0 aliphatic carbocycles. The van der Waals surface area contributed by atoms with Crippen LogP contribution < -0.4 is 10.2 Å². The molecule has 0 unspecified atom stereocenters. The highest BCUT2D eigenvalue weighted by Crippen LogP contribution is 2.22. The number of ether oxygens (including phenoxy) is 1. The van der Waals surface area contributed by atoms with Crippen LogP contribution >= 0.6 is 0 Å². The molecule has 0 saturated carbocycles. The predicted octanol–water partition coefficient (Wildman–Crippen LogP) is 2.94. The second-order valence-corrected chi connectivity index (χ2v) is 10.3. The Hall–Kier alpha value is -2.42. The van der Waals surface area contributed by atoms with E-state index in [9.17, 15) is 13.2 Å². The Morgan fingerprint density at radius 1 is 0.969 bits per heavy atom. The van der Waals surface area contributed by atoms with Crippen LogP contribution in [0.5, 0.6) is 0 Å². The van der Waals surface area contributed by atoms with Crippen molar-refractivity contribution in [2.75, 3.05) is 44.3 Å². The molecule has 8 heteroatoms. The van der Waals surface area contributed by atoms with Gasteiger partial charge in [0.25, 0.3) is 5.91 Å². The van der Waals surface area contributed by atoms with Crippen LogP contribution in [0, 0.1) is 6.92 Å². The van der Waals surface area contributed by atoms with Gasteiger partial charge in [-0.05, 0) is 61.6 Å². The summed E-state index contributed by atoms with van der Waals surface area (Å²) < 4.78 is 32.6. The summed E-state index contributed by atoms with van der Waals surface area (Å²) in [6.45, 7) is 5.81. The van der Waals surface area contributed by atoms with Crippen LogP contribution in [0.25, 0.3) is 0 Å². The first-order valence-electron chi connectivity index (χ1n) is 11.3. The van der Waals surface area contributed by atoms with Gasteiger partial charge in [0.2, 0.25) is 10.0 Å². The Morgan fingerprint density at radius 3 is 2.34 bits per heavy atom. The largest absolute Gasteiger partial charge is 0.379 e. The number of rotatable bonds is 6. The molecule has 2 fully saturated rings. The summed E-state index contributed by atoms with van der Waals surface area (Å²) in [7, 11) is -3.65. The zero-order chi connectivity index (χ0) is 22.6. The van der Waals surface area contributed by atoms with Gasteiger partial charge in [0.1, 0.15) is 0 Å². The summed E-state index contributed by atoms with van der Waals surface area (Å²) in [6.07, 6.45) is 3.77. The lowest BCUT2D eigenvalue weighted by Gasteiger charge is -2.28. The highest BCUT2D eigenvalue weighted by Gasteiger charge is 2.27. The number of piperidine rings is 1. The molecule has 2 aliphatic heterocycles. The Bertz CT molecular complexity index is 1040. The number of morpholine rings is 1. The first-order valence-corrected chi connectivity index (χ1v) is 12.7. The van der Waals surface area contributed by atoms with E-state index in [1.165, 1.54) is 35.3 Å². The topological polar surface area (TPSA) is 78.9 Å². The molecule has 0 aromatic heterocycles. The van der Waals surface area contributed by atoms with Crippen LogP contribution in [0.1, 0.15) is 40.7 Å². The Morgan fingerprint density at radius 2 is 1.66 bits per heavy atom. The van der Waals surface area contributed by atoms with Crippen molar-refractivity contribution in [3.05, 3.63) is 59.2 Å². The van der Waals surface area contributed by atoms with Gasteiger partial charge in [-0.1, -0.05) is 18.2 Å². The average molecular weight is 458 g/mol. The maximum atomic E-state index is 12.9. The van der Waals surface area contributed by atoms with Crippen molar-refractivity contribution in [3.8, 4) is 0 Å². The summed E-state index contributed by atoms with van der Waals surface area (Å²) in [6, 6.07) is 13.0. The molecule has 1 amide bonds. The second-order valence-electron chi connectivity index (χ2n) is 8.39. The molecule has 0 radical (unpaired) electrons. The number of carbonyl (C=O) groups is 1. The maximum Gasteiger partial charge on any atom is 0.251 e. The van der Waals surface area contributed by atoms with E-state index in [4.69, 9.17) is 4.74 Å². The lowest BCUT2D eigenvalue weighted by molar-refractivity contribution is 0.0730. The fourth-order valence-electron chi connectivity index (χ4n) is 4.20. The molecule has 7 nitrogen and oxygen atoms in total. The van der Waals surface area contributed by atoms with Crippen molar-refractivity contribution < 1.29 is 17.9 Å². The molecule has 1 N–H and O–H groups in total. The Kier molecular flexibility index (Phi) is 7.13. The normalized spacial score (nSPS) is 17.8. The molecule has 0 bridgehead atoms. The number of aryl methyl sites for hydroxylation is 1. The van der Waals surface area contributed by atoms with Crippen LogP contribution in [-0.4, -0.2) is 58.0 Å². The number of benzene rings is 2. The average Bonchev–Trinajstić information content (AvgIpc) is 2.84. The smallest absolute Gasteiger partial charge is 0.251 e. The molecule has 0 atom stereocenters. The number of sulfonamides is 1. The number of amides is 1. The van der Waals surface area contributed by atoms with Gasteiger partial charge < -0.3 is 15.0 Å². The minimum Gasteiger partial charge on any atom is -0.379 e. The number of hydrogen-bond donors (Lipinski definition) is 1. The van der Waals surface area contributed by atoms with E-state index in [1.54, 1.807) is 12.1 Å². The Balaban J connectivity index is 1.42. The molecule has 2 aromatic carbocycles. The monoisotopic (exact) mass is 457 g/mol. The van der Waals surface area contributed by atoms with Gasteiger partial charge in [0, 0.05) is 44.0 Å². The highest BCUT2D eigenvalue weighted by atomic mass is 32.2. The van der Waals surface area contributed by atoms with E-state index >= 15 is 0 Å². The molecular weight excluding hydrogens is 426 g/mol. The van der Waals surface area contributed by atoms with Crippen molar-refractivity contribution in [2.24, 2.45) is 0 Å². The van der Waals surface area contributed by atoms with E-state index < -0.39 is 10.0 Å². The SMILES string of the molecule is Cc1ccc(S(=O)(=O)N2CCOCC2)cc1C(=O)NCc1ccc(N2CCCCC2)cc1. The first-order chi connectivity index (χ1) is 15.4. The zero-order valence-corrected chi connectivity index (χ0v) is 19.4. The van der Waals surface area contributed by atoms with Crippen molar-refractivity contribution in [2.45, 2.75) is 37.6 Å². The fourth-order valence-corrected chi connectivity index (χ4v) is 5.63. The van der Waals surface area contributed by atoms with E-state index in [2.05, 4.69) is 22.3 Å². The molecule has 32 heavy (non-hydrogen) atoms. The number of hydrogen-bond acceptors (Lipinski definition) is 5. The standard InChI is InChI=1S/C24H31N3O4S/c1-19-5-10-22(32(29,30)27-13-15-31-16-14-27)17-23(19)24(28)25-18-20-6-8-21(9-7-20)26-11-3-2-4-12-26/h5-10,17H,2-4,11-16,18H2,1H3,(H,25,28). The summed E-state index contributed by atoms with van der Waals surface area (Å²) in [5, 5.41) is 2.93. The van der Waals surface area contributed by atoms with Gasteiger partial charge in [-0.15, -0.1) is 0 Å². The van der Waals surface area contributed by atoms with Crippen molar-refractivity contribution >= 4 is 21.6 Å². The van der Waals surface area contributed by atoms with E-state index in [0.29, 0.717) is 38.4 Å². The molecular formula is C24H31N3O4S. The van der Waals surface area contributed by atoms with Gasteiger partial charge >= 0.3 is 0 Å². The number of nitrogens with zero attached hydrogens (tertiary/aromatic N) is 2. The quantitative estimate of drug-likeness (QED) is 0.722. The fraction of sp³-hybridized carbons (Fsp3) is 0.458. The third-order valence-corrected chi connectivity index (χ3v) is 8.07. The highest BCUT2D eigenvalue weighted by molar-refractivity contribution is 7.89. The van der Waals surface area contributed by atoms with Crippen LogP contribution in [0.3, 0.4) is 0 Å².